The molecule has 0 aliphatic rings. The smallest absolute Gasteiger partial charge is 0.188 e. The van der Waals surface area contributed by atoms with Crippen molar-refractivity contribution in [3.05, 3.63) is 35.4 Å². The van der Waals surface area contributed by atoms with E-state index >= 15 is 0 Å². The lowest BCUT2D eigenvalue weighted by Gasteiger charge is -2.01. The van der Waals surface area contributed by atoms with Gasteiger partial charge in [-0.3, -0.25) is 4.79 Å². The number of methoxy groups -OCH3 is 1. The highest BCUT2D eigenvalue weighted by molar-refractivity contribution is 5.97. The summed E-state index contributed by atoms with van der Waals surface area (Å²) in [7, 11) is 1.53. The SMILES string of the molecule is CCCc1ccc(C(=O)COC)cc1. The number of hydrogen-bond donors (Lipinski definition) is 0. The van der Waals surface area contributed by atoms with Gasteiger partial charge >= 0.3 is 0 Å². The number of benzene rings is 1. The highest BCUT2D eigenvalue weighted by atomic mass is 16.5. The molecule has 2 nitrogen and oxygen atoms in total. The molecule has 1 aromatic rings. The second-order valence-electron chi connectivity index (χ2n) is 3.30. The lowest BCUT2D eigenvalue weighted by atomic mass is 10.1. The van der Waals surface area contributed by atoms with Gasteiger partial charge in [-0.1, -0.05) is 37.6 Å². The first kappa shape index (κ1) is 10.9. The molecular weight excluding hydrogens is 176 g/mol. The fourth-order valence-electron chi connectivity index (χ4n) is 1.36. The summed E-state index contributed by atoms with van der Waals surface area (Å²) >= 11 is 0. The van der Waals surface area contributed by atoms with E-state index in [0.29, 0.717) is 0 Å². The van der Waals surface area contributed by atoms with Crippen molar-refractivity contribution >= 4 is 5.78 Å². The Kier molecular flexibility index (Phi) is 4.33. The number of hydrogen-bond acceptors (Lipinski definition) is 2. The first-order chi connectivity index (χ1) is 6.77. The molecule has 0 saturated carbocycles. The van der Waals surface area contributed by atoms with Crippen LogP contribution < -0.4 is 0 Å². The molecule has 0 fully saturated rings. The van der Waals surface area contributed by atoms with Crippen LogP contribution in [0.1, 0.15) is 29.3 Å². The van der Waals surface area contributed by atoms with Crippen molar-refractivity contribution in [1.29, 1.82) is 0 Å². The molecule has 0 atom stereocenters. The summed E-state index contributed by atoms with van der Waals surface area (Å²) in [5.41, 5.74) is 2.01. The second kappa shape index (κ2) is 5.55. The molecule has 0 unspecified atom stereocenters. The van der Waals surface area contributed by atoms with Gasteiger partial charge in [-0.2, -0.15) is 0 Å². The number of carbonyl (C=O) groups is 1. The molecule has 76 valence electrons. The van der Waals surface area contributed by atoms with E-state index < -0.39 is 0 Å². The molecule has 1 rings (SSSR count). The minimum atomic E-state index is 0.0375. The Bertz CT molecular complexity index is 288. The van der Waals surface area contributed by atoms with Gasteiger partial charge in [0.05, 0.1) is 0 Å². The van der Waals surface area contributed by atoms with E-state index in [1.807, 2.05) is 24.3 Å². The summed E-state index contributed by atoms with van der Waals surface area (Å²) in [5, 5.41) is 0. The summed E-state index contributed by atoms with van der Waals surface area (Å²) in [5.74, 6) is 0.0375. The van der Waals surface area contributed by atoms with Crippen LogP contribution in [0, 0.1) is 0 Å². The molecule has 14 heavy (non-hydrogen) atoms. The lowest BCUT2D eigenvalue weighted by molar-refractivity contribution is 0.0848. The summed E-state index contributed by atoms with van der Waals surface area (Å²) in [6, 6.07) is 7.75. The molecule has 0 aliphatic carbocycles. The molecule has 0 heterocycles. The van der Waals surface area contributed by atoms with E-state index in [0.717, 1.165) is 18.4 Å². The van der Waals surface area contributed by atoms with E-state index in [4.69, 9.17) is 4.74 Å². The fraction of sp³-hybridized carbons (Fsp3) is 0.417. The van der Waals surface area contributed by atoms with Crippen LogP contribution in [0.25, 0.3) is 0 Å². The molecule has 0 spiro atoms. The Balaban J connectivity index is 2.67. The largest absolute Gasteiger partial charge is 0.377 e. The zero-order chi connectivity index (χ0) is 10.4. The number of ether oxygens (including phenoxy) is 1. The Morgan fingerprint density at radius 2 is 1.93 bits per heavy atom. The molecular formula is C12H16O2. The maximum absolute atomic E-state index is 11.4. The predicted molar refractivity (Wildman–Crippen MR) is 56.6 cm³/mol. The zero-order valence-corrected chi connectivity index (χ0v) is 8.75. The number of Topliss-reactive ketones (excluding diaryl/α,β-unsaturated/α-hetero) is 1. The van der Waals surface area contributed by atoms with Gasteiger partial charge in [-0.05, 0) is 12.0 Å². The zero-order valence-electron chi connectivity index (χ0n) is 8.75. The van der Waals surface area contributed by atoms with E-state index in [9.17, 15) is 4.79 Å². The van der Waals surface area contributed by atoms with Gasteiger partial charge in [0, 0.05) is 12.7 Å². The molecule has 0 aromatic heterocycles. The van der Waals surface area contributed by atoms with E-state index in [1.165, 1.54) is 12.7 Å². The van der Waals surface area contributed by atoms with Crippen molar-refractivity contribution in [1.82, 2.24) is 0 Å². The van der Waals surface area contributed by atoms with Crippen LogP contribution in [-0.4, -0.2) is 19.5 Å². The third-order valence-corrected chi connectivity index (χ3v) is 2.09. The van der Waals surface area contributed by atoms with E-state index in [-0.39, 0.29) is 12.4 Å². The Hall–Kier alpha value is -1.15. The van der Waals surface area contributed by atoms with Gasteiger partial charge in [0.1, 0.15) is 6.61 Å². The fourth-order valence-corrected chi connectivity index (χ4v) is 1.36. The lowest BCUT2D eigenvalue weighted by Crippen LogP contribution is -2.06. The maximum atomic E-state index is 11.4. The molecule has 2 heteroatoms. The number of aryl methyl sites for hydroxylation is 1. The number of carbonyl (C=O) groups excluding carboxylic acids is 1. The standard InChI is InChI=1S/C12H16O2/c1-3-4-10-5-7-11(8-6-10)12(13)9-14-2/h5-8H,3-4,9H2,1-2H3. The van der Waals surface area contributed by atoms with Crippen molar-refractivity contribution < 1.29 is 9.53 Å². The van der Waals surface area contributed by atoms with Crippen molar-refractivity contribution in [3.63, 3.8) is 0 Å². The summed E-state index contributed by atoms with van der Waals surface area (Å²) in [4.78, 5) is 11.4. The molecule has 0 bridgehead atoms. The van der Waals surface area contributed by atoms with Crippen LogP contribution in [-0.2, 0) is 11.2 Å². The average Bonchev–Trinajstić information content (AvgIpc) is 2.20. The van der Waals surface area contributed by atoms with Crippen LogP contribution >= 0.6 is 0 Å². The third-order valence-electron chi connectivity index (χ3n) is 2.09. The average molecular weight is 192 g/mol. The topological polar surface area (TPSA) is 26.3 Å². The van der Waals surface area contributed by atoms with Crippen molar-refractivity contribution in [2.24, 2.45) is 0 Å². The normalized spacial score (nSPS) is 10.1. The second-order valence-corrected chi connectivity index (χ2v) is 3.30. The first-order valence-corrected chi connectivity index (χ1v) is 4.89. The van der Waals surface area contributed by atoms with Gasteiger partial charge in [-0.15, -0.1) is 0 Å². The highest BCUT2D eigenvalue weighted by Gasteiger charge is 2.03. The van der Waals surface area contributed by atoms with Crippen molar-refractivity contribution in [2.45, 2.75) is 19.8 Å². The minimum Gasteiger partial charge on any atom is -0.377 e. The molecule has 0 amide bonds. The maximum Gasteiger partial charge on any atom is 0.188 e. The Morgan fingerprint density at radius 1 is 1.29 bits per heavy atom. The van der Waals surface area contributed by atoms with Gasteiger partial charge in [0.15, 0.2) is 5.78 Å². The number of ketones is 1. The van der Waals surface area contributed by atoms with Crippen LogP contribution in [0.5, 0.6) is 0 Å². The summed E-state index contributed by atoms with van der Waals surface area (Å²) < 4.78 is 4.79. The number of rotatable bonds is 5. The quantitative estimate of drug-likeness (QED) is 0.670. The highest BCUT2D eigenvalue weighted by Crippen LogP contribution is 2.07. The molecule has 0 radical (unpaired) electrons. The summed E-state index contributed by atoms with van der Waals surface area (Å²) in [6.45, 7) is 2.30. The van der Waals surface area contributed by atoms with Gasteiger partial charge in [-0.25, -0.2) is 0 Å². The van der Waals surface area contributed by atoms with Crippen LogP contribution in [0.4, 0.5) is 0 Å². The molecule has 1 aromatic carbocycles. The minimum absolute atomic E-state index is 0.0375. The Labute approximate surface area is 84.9 Å². The van der Waals surface area contributed by atoms with Gasteiger partial charge < -0.3 is 4.74 Å². The van der Waals surface area contributed by atoms with Gasteiger partial charge in [0.2, 0.25) is 0 Å². The van der Waals surface area contributed by atoms with Crippen molar-refractivity contribution in [2.75, 3.05) is 13.7 Å². The molecule has 0 aliphatic heterocycles. The van der Waals surface area contributed by atoms with Crippen molar-refractivity contribution in [3.8, 4) is 0 Å². The van der Waals surface area contributed by atoms with Crippen LogP contribution in [0.15, 0.2) is 24.3 Å². The molecule has 0 saturated heterocycles. The first-order valence-electron chi connectivity index (χ1n) is 4.89. The molecule has 0 N–H and O–H groups in total. The van der Waals surface area contributed by atoms with E-state index in [2.05, 4.69) is 6.92 Å². The monoisotopic (exact) mass is 192 g/mol. The predicted octanol–water partition coefficient (Wildman–Crippen LogP) is 2.47. The Morgan fingerprint density at radius 3 is 2.43 bits per heavy atom. The van der Waals surface area contributed by atoms with Crippen LogP contribution in [0.3, 0.4) is 0 Å². The van der Waals surface area contributed by atoms with E-state index in [1.54, 1.807) is 0 Å². The third kappa shape index (κ3) is 2.96. The van der Waals surface area contributed by atoms with Gasteiger partial charge in [0.25, 0.3) is 0 Å². The van der Waals surface area contributed by atoms with Crippen LogP contribution in [0.2, 0.25) is 0 Å². The summed E-state index contributed by atoms with van der Waals surface area (Å²) in [6.07, 6.45) is 2.20.